The molecule has 0 aromatic heterocycles. The third-order valence-electron chi connectivity index (χ3n) is 5.43. The van der Waals surface area contributed by atoms with Crippen LogP contribution in [0.3, 0.4) is 0 Å². The molecule has 2 aromatic rings. The Bertz CT molecular complexity index is 870. The van der Waals surface area contributed by atoms with E-state index >= 15 is 0 Å². The second-order valence-electron chi connectivity index (χ2n) is 7.85. The fourth-order valence-electron chi connectivity index (χ4n) is 4.32. The van der Waals surface area contributed by atoms with E-state index in [1.807, 2.05) is 56.3 Å². The van der Waals surface area contributed by atoms with Crippen molar-refractivity contribution in [2.24, 2.45) is 5.92 Å². The highest BCUT2D eigenvalue weighted by Gasteiger charge is 2.56. The first kappa shape index (κ1) is 17.0. The molecule has 0 bridgehead atoms. The quantitative estimate of drug-likeness (QED) is 0.837. The first-order chi connectivity index (χ1) is 12.4. The lowest BCUT2D eigenvalue weighted by Gasteiger charge is -2.43. The number of rotatable bonds is 2. The molecular formula is C21H23NO4. The van der Waals surface area contributed by atoms with Gasteiger partial charge in [0, 0.05) is 23.9 Å². The van der Waals surface area contributed by atoms with Gasteiger partial charge in [0.1, 0.15) is 5.60 Å². The molecule has 2 aromatic carbocycles. The fourth-order valence-corrected chi connectivity index (χ4v) is 4.32. The van der Waals surface area contributed by atoms with E-state index in [0.717, 1.165) is 16.5 Å². The van der Waals surface area contributed by atoms with Crippen molar-refractivity contribution in [3.05, 3.63) is 42.5 Å². The SMILES string of the molecule is CC1(C)C[C@]2(CCO1)OC(=O)C[C@H]2C(=O)Nc1cccc2ccccc12. The lowest BCUT2D eigenvalue weighted by molar-refractivity contribution is -0.178. The molecule has 0 unspecified atom stereocenters. The van der Waals surface area contributed by atoms with Crippen molar-refractivity contribution in [3.8, 4) is 0 Å². The molecule has 136 valence electrons. The third-order valence-corrected chi connectivity index (χ3v) is 5.43. The maximum Gasteiger partial charge on any atom is 0.307 e. The van der Waals surface area contributed by atoms with E-state index in [-0.39, 0.29) is 18.3 Å². The number of ether oxygens (including phenoxy) is 2. The molecule has 5 nitrogen and oxygen atoms in total. The minimum absolute atomic E-state index is 0.118. The number of anilines is 1. The van der Waals surface area contributed by atoms with Gasteiger partial charge in [0.05, 0.1) is 24.5 Å². The molecule has 1 N–H and O–H groups in total. The highest BCUT2D eigenvalue weighted by molar-refractivity contribution is 6.04. The van der Waals surface area contributed by atoms with Gasteiger partial charge in [-0.1, -0.05) is 36.4 Å². The molecule has 26 heavy (non-hydrogen) atoms. The Morgan fingerprint density at radius 3 is 2.73 bits per heavy atom. The van der Waals surface area contributed by atoms with Crippen molar-refractivity contribution in [3.63, 3.8) is 0 Å². The summed E-state index contributed by atoms with van der Waals surface area (Å²) in [5.74, 6) is -0.970. The first-order valence-electron chi connectivity index (χ1n) is 9.03. The van der Waals surface area contributed by atoms with Crippen molar-refractivity contribution in [2.45, 2.75) is 44.3 Å². The highest BCUT2D eigenvalue weighted by Crippen LogP contribution is 2.46. The van der Waals surface area contributed by atoms with Crippen molar-refractivity contribution >= 4 is 28.3 Å². The smallest absolute Gasteiger partial charge is 0.307 e. The predicted octanol–water partition coefficient (Wildman–Crippen LogP) is 3.67. The molecule has 2 atom stereocenters. The second kappa shape index (κ2) is 6.09. The highest BCUT2D eigenvalue weighted by atomic mass is 16.6. The van der Waals surface area contributed by atoms with Gasteiger partial charge >= 0.3 is 5.97 Å². The van der Waals surface area contributed by atoms with Gasteiger partial charge in [-0.3, -0.25) is 9.59 Å². The van der Waals surface area contributed by atoms with Crippen molar-refractivity contribution in [2.75, 3.05) is 11.9 Å². The number of nitrogens with one attached hydrogen (secondary N) is 1. The Balaban J connectivity index is 1.63. The predicted molar refractivity (Wildman–Crippen MR) is 98.8 cm³/mol. The number of esters is 1. The first-order valence-corrected chi connectivity index (χ1v) is 9.03. The summed E-state index contributed by atoms with van der Waals surface area (Å²) in [6.45, 7) is 4.43. The van der Waals surface area contributed by atoms with E-state index in [2.05, 4.69) is 5.32 Å². The van der Waals surface area contributed by atoms with Crippen LogP contribution >= 0.6 is 0 Å². The van der Waals surface area contributed by atoms with Gasteiger partial charge in [-0.15, -0.1) is 0 Å². The minimum atomic E-state index is -0.770. The van der Waals surface area contributed by atoms with Crippen LogP contribution in [0, 0.1) is 5.92 Å². The zero-order valence-corrected chi connectivity index (χ0v) is 15.1. The zero-order chi connectivity index (χ0) is 18.4. The summed E-state index contributed by atoms with van der Waals surface area (Å²) in [4.78, 5) is 25.2. The third kappa shape index (κ3) is 2.97. The Morgan fingerprint density at radius 2 is 1.92 bits per heavy atom. The average molecular weight is 353 g/mol. The number of hydrogen-bond donors (Lipinski definition) is 1. The molecule has 1 amide bonds. The second-order valence-corrected chi connectivity index (χ2v) is 7.85. The molecular weight excluding hydrogens is 330 g/mol. The monoisotopic (exact) mass is 353 g/mol. The molecule has 2 aliphatic heterocycles. The molecule has 0 saturated carbocycles. The van der Waals surface area contributed by atoms with Gasteiger partial charge in [0.2, 0.25) is 5.91 Å². The molecule has 0 radical (unpaired) electrons. The maximum absolute atomic E-state index is 13.1. The van der Waals surface area contributed by atoms with Gasteiger partial charge in [-0.25, -0.2) is 0 Å². The number of benzene rings is 2. The Kier molecular flexibility index (Phi) is 3.99. The van der Waals surface area contributed by atoms with Gasteiger partial charge in [-0.05, 0) is 25.3 Å². The Labute approximate surface area is 152 Å². The van der Waals surface area contributed by atoms with Crippen LogP contribution in [0.25, 0.3) is 10.8 Å². The van der Waals surface area contributed by atoms with Crippen LogP contribution in [0.5, 0.6) is 0 Å². The molecule has 5 heteroatoms. The Hall–Kier alpha value is -2.40. The van der Waals surface area contributed by atoms with Crippen molar-refractivity contribution in [1.82, 2.24) is 0 Å². The van der Waals surface area contributed by atoms with Crippen LogP contribution < -0.4 is 5.32 Å². The lowest BCUT2D eigenvalue weighted by atomic mass is 9.75. The van der Waals surface area contributed by atoms with E-state index in [1.165, 1.54) is 0 Å². The van der Waals surface area contributed by atoms with E-state index < -0.39 is 17.1 Å². The minimum Gasteiger partial charge on any atom is -0.458 e. The van der Waals surface area contributed by atoms with Gasteiger partial charge < -0.3 is 14.8 Å². The van der Waals surface area contributed by atoms with Crippen LogP contribution in [0.15, 0.2) is 42.5 Å². The van der Waals surface area contributed by atoms with Crippen LogP contribution in [0.4, 0.5) is 5.69 Å². The molecule has 1 spiro atoms. The molecule has 0 aliphatic carbocycles. The van der Waals surface area contributed by atoms with Gasteiger partial charge in [-0.2, -0.15) is 0 Å². The van der Waals surface area contributed by atoms with Crippen LogP contribution in [0.2, 0.25) is 0 Å². The normalized spacial score (nSPS) is 27.5. The summed E-state index contributed by atoms with van der Waals surface area (Å²) in [5.41, 5.74) is -0.428. The number of fused-ring (bicyclic) bond motifs is 1. The summed E-state index contributed by atoms with van der Waals surface area (Å²) in [6.07, 6.45) is 1.20. The Morgan fingerprint density at radius 1 is 1.15 bits per heavy atom. The summed E-state index contributed by atoms with van der Waals surface area (Å²) in [5, 5.41) is 5.08. The molecule has 2 heterocycles. The van der Waals surface area contributed by atoms with Crippen molar-refractivity contribution in [1.29, 1.82) is 0 Å². The number of carbonyl (C=O) groups excluding carboxylic acids is 2. The maximum atomic E-state index is 13.1. The number of amides is 1. The van der Waals surface area contributed by atoms with Gasteiger partial charge in [0.15, 0.2) is 0 Å². The van der Waals surface area contributed by atoms with Crippen LogP contribution in [-0.2, 0) is 19.1 Å². The van der Waals surface area contributed by atoms with Crippen molar-refractivity contribution < 1.29 is 19.1 Å². The van der Waals surface area contributed by atoms with Crippen LogP contribution in [-0.4, -0.2) is 29.7 Å². The molecule has 4 rings (SSSR count). The zero-order valence-electron chi connectivity index (χ0n) is 15.1. The molecule has 2 saturated heterocycles. The van der Waals surface area contributed by atoms with E-state index in [1.54, 1.807) is 0 Å². The summed E-state index contributed by atoms with van der Waals surface area (Å²) < 4.78 is 11.5. The average Bonchev–Trinajstić information content (AvgIpc) is 2.89. The standard InChI is InChI=1S/C21H23NO4/c1-20(2)13-21(10-11-25-20)16(12-18(23)26-21)19(24)22-17-9-5-7-14-6-3-4-8-15(14)17/h3-9,16H,10-13H2,1-2H3,(H,22,24)/t16-,21-/m0/s1. The lowest BCUT2D eigenvalue weighted by Crippen LogP contribution is -2.52. The molecule has 2 aliphatic rings. The molecule has 2 fully saturated rings. The summed E-state index contributed by atoms with van der Waals surface area (Å²) in [6, 6.07) is 13.7. The van der Waals surface area contributed by atoms with Gasteiger partial charge in [0.25, 0.3) is 0 Å². The topological polar surface area (TPSA) is 64.6 Å². The van der Waals surface area contributed by atoms with E-state index in [9.17, 15) is 9.59 Å². The summed E-state index contributed by atoms with van der Waals surface area (Å²) >= 11 is 0. The summed E-state index contributed by atoms with van der Waals surface area (Å²) in [7, 11) is 0. The van der Waals surface area contributed by atoms with Crippen LogP contribution in [0.1, 0.15) is 33.1 Å². The number of hydrogen-bond acceptors (Lipinski definition) is 4. The number of carbonyl (C=O) groups is 2. The largest absolute Gasteiger partial charge is 0.458 e. The van der Waals surface area contributed by atoms with E-state index in [4.69, 9.17) is 9.47 Å². The fraction of sp³-hybridized carbons (Fsp3) is 0.429. The van der Waals surface area contributed by atoms with E-state index in [0.29, 0.717) is 19.4 Å².